The number of H-pyrrole nitrogens is 1. The van der Waals surface area contributed by atoms with Gasteiger partial charge in [-0.15, -0.1) is 0 Å². The first-order chi connectivity index (χ1) is 15.1. The van der Waals surface area contributed by atoms with E-state index in [1.54, 1.807) is 7.11 Å². The summed E-state index contributed by atoms with van der Waals surface area (Å²) in [7, 11) is 1.73. The first-order valence-electron chi connectivity index (χ1n) is 11.5. The molecule has 1 aromatic heterocycles. The van der Waals surface area contributed by atoms with Crippen LogP contribution < -0.4 is 4.74 Å². The Morgan fingerprint density at radius 1 is 1.16 bits per heavy atom. The summed E-state index contributed by atoms with van der Waals surface area (Å²) in [6, 6.07) is 15.3. The Morgan fingerprint density at radius 3 is 2.81 bits per heavy atom. The van der Waals surface area contributed by atoms with Gasteiger partial charge in [0.05, 0.1) is 18.7 Å². The lowest BCUT2D eigenvalue weighted by molar-refractivity contribution is 0.0583. The second-order valence-electron chi connectivity index (χ2n) is 9.64. The van der Waals surface area contributed by atoms with E-state index < -0.39 is 0 Å². The number of ether oxygens (including phenoxy) is 1. The molecular weight excluding hydrogens is 452 g/mol. The highest BCUT2D eigenvalue weighted by atomic mass is 79.9. The summed E-state index contributed by atoms with van der Waals surface area (Å²) in [4.78, 5) is 6.38. The largest absolute Gasteiger partial charge is 0.497 e. The molecule has 0 amide bonds. The molecule has 5 heteroatoms. The molecule has 162 valence electrons. The lowest BCUT2D eigenvalue weighted by Crippen LogP contribution is -2.46. The summed E-state index contributed by atoms with van der Waals surface area (Å²) < 4.78 is 6.65. The molecule has 1 aliphatic heterocycles. The van der Waals surface area contributed by atoms with Crippen molar-refractivity contribution in [3.8, 4) is 5.75 Å². The Hall–Kier alpha value is -1.82. The van der Waals surface area contributed by atoms with Crippen molar-refractivity contribution in [2.75, 3.05) is 20.2 Å². The van der Waals surface area contributed by atoms with Gasteiger partial charge in [0.25, 0.3) is 0 Å². The van der Waals surface area contributed by atoms with E-state index in [4.69, 9.17) is 4.74 Å². The van der Waals surface area contributed by atoms with Gasteiger partial charge in [-0.1, -0.05) is 24.3 Å². The smallest absolute Gasteiger partial charge is 0.119 e. The number of likely N-dealkylation sites (tertiary alicyclic amines) is 1. The Labute approximate surface area is 191 Å². The molecule has 2 fully saturated rings. The van der Waals surface area contributed by atoms with Crippen molar-refractivity contribution in [3.63, 3.8) is 0 Å². The SMILES string of the molecule is COc1cccc(C(C2CC2O)N2CCC3Cc4[nH]c5c(Br)cccc5c4CC3C2)c1. The number of aliphatic hydroxyl groups excluding tert-OH is 1. The van der Waals surface area contributed by atoms with E-state index in [-0.39, 0.29) is 12.1 Å². The van der Waals surface area contributed by atoms with Crippen LogP contribution in [-0.2, 0) is 12.8 Å². The van der Waals surface area contributed by atoms with Crippen molar-refractivity contribution in [3.05, 3.63) is 63.8 Å². The van der Waals surface area contributed by atoms with Crippen molar-refractivity contribution < 1.29 is 9.84 Å². The molecule has 0 bridgehead atoms. The van der Waals surface area contributed by atoms with Gasteiger partial charge in [-0.3, -0.25) is 4.90 Å². The molecular formula is C26H29BrN2O2. The van der Waals surface area contributed by atoms with E-state index in [2.05, 4.69) is 62.2 Å². The van der Waals surface area contributed by atoms with Crippen LogP contribution in [0.4, 0.5) is 0 Å². The van der Waals surface area contributed by atoms with Gasteiger partial charge < -0.3 is 14.8 Å². The van der Waals surface area contributed by atoms with E-state index in [1.807, 2.05) is 6.07 Å². The Kier molecular flexibility index (Phi) is 4.89. The summed E-state index contributed by atoms with van der Waals surface area (Å²) in [6.45, 7) is 2.21. The Bertz CT molecular complexity index is 1130. The van der Waals surface area contributed by atoms with Gasteiger partial charge in [-0.2, -0.15) is 0 Å². The molecule has 1 saturated carbocycles. The molecule has 0 radical (unpaired) electrons. The van der Waals surface area contributed by atoms with Crippen LogP contribution in [0.25, 0.3) is 10.9 Å². The number of fused-ring (bicyclic) bond motifs is 4. The van der Waals surface area contributed by atoms with Crippen molar-refractivity contribution >= 4 is 26.8 Å². The lowest BCUT2D eigenvalue weighted by atomic mass is 9.73. The van der Waals surface area contributed by atoms with Gasteiger partial charge in [-0.25, -0.2) is 0 Å². The molecule has 31 heavy (non-hydrogen) atoms. The van der Waals surface area contributed by atoms with E-state index in [1.165, 1.54) is 34.1 Å². The summed E-state index contributed by atoms with van der Waals surface area (Å²) >= 11 is 3.72. The maximum Gasteiger partial charge on any atom is 0.119 e. The summed E-state index contributed by atoms with van der Waals surface area (Å²) in [5, 5.41) is 11.7. The average Bonchev–Trinajstić information content (AvgIpc) is 3.38. The van der Waals surface area contributed by atoms with Crippen LogP contribution in [0.5, 0.6) is 5.75 Å². The summed E-state index contributed by atoms with van der Waals surface area (Å²) in [6.07, 6.45) is 4.27. The second-order valence-corrected chi connectivity index (χ2v) is 10.5. The van der Waals surface area contributed by atoms with Crippen LogP contribution in [-0.4, -0.2) is 41.3 Å². The van der Waals surface area contributed by atoms with Crippen LogP contribution in [0.1, 0.15) is 35.7 Å². The minimum Gasteiger partial charge on any atom is -0.497 e. The quantitative estimate of drug-likeness (QED) is 0.546. The van der Waals surface area contributed by atoms with Crippen molar-refractivity contribution in [1.29, 1.82) is 0 Å². The van der Waals surface area contributed by atoms with E-state index in [0.29, 0.717) is 11.8 Å². The lowest BCUT2D eigenvalue weighted by Gasteiger charge is -2.44. The van der Waals surface area contributed by atoms with Crippen LogP contribution in [0.3, 0.4) is 0 Å². The fourth-order valence-corrected chi connectivity index (χ4v) is 6.64. The first kappa shape index (κ1) is 19.8. The zero-order valence-corrected chi connectivity index (χ0v) is 19.4. The van der Waals surface area contributed by atoms with Gasteiger partial charge in [0.1, 0.15) is 5.75 Å². The van der Waals surface area contributed by atoms with Crippen molar-refractivity contribution in [2.45, 2.75) is 37.8 Å². The third kappa shape index (κ3) is 3.42. The standard InChI is InChI=1S/C26H29BrN2O2/c1-31-18-5-2-4-16(10-18)26(21-13-24(21)30)29-9-8-15-12-23-20(11-17(15)14-29)19-6-3-7-22(27)25(19)28-23/h2-7,10,15,17,21,24,26,28,30H,8-9,11-14H2,1H3. The molecule has 5 atom stereocenters. The second kappa shape index (κ2) is 7.65. The highest BCUT2D eigenvalue weighted by Crippen LogP contribution is 2.48. The number of hydrogen-bond acceptors (Lipinski definition) is 3. The number of piperidine rings is 1. The van der Waals surface area contributed by atoms with Crippen molar-refractivity contribution in [2.24, 2.45) is 17.8 Å². The summed E-state index contributed by atoms with van der Waals surface area (Å²) in [5.74, 6) is 2.65. The molecule has 4 nitrogen and oxygen atoms in total. The third-order valence-electron chi connectivity index (χ3n) is 7.87. The van der Waals surface area contributed by atoms with Crippen LogP contribution in [0.2, 0.25) is 0 Å². The fourth-order valence-electron chi connectivity index (χ4n) is 6.18. The molecule has 3 aromatic rings. The molecule has 5 unspecified atom stereocenters. The van der Waals surface area contributed by atoms with Gasteiger partial charge in [-0.05, 0) is 89.3 Å². The number of aliphatic hydroxyl groups is 1. The predicted molar refractivity (Wildman–Crippen MR) is 126 cm³/mol. The highest BCUT2D eigenvalue weighted by molar-refractivity contribution is 9.10. The topological polar surface area (TPSA) is 48.5 Å². The third-order valence-corrected chi connectivity index (χ3v) is 8.53. The van der Waals surface area contributed by atoms with E-state index >= 15 is 0 Å². The van der Waals surface area contributed by atoms with Crippen molar-refractivity contribution in [1.82, 2.24) is 9.88 Å². The fraction of sp³-hybridized carbons (Fsp3) is 0.462. The molecule has 2 heterocycles. The Morgan fingerprint density at radius 2 is 2.00 bits per heavy atom. The molecule has 2 N–H and O–H groups in total. The minimum atomic E-state index is -0.169. The van der Waals surface area contributed by atoms with Crippen LogP contribution >= 0.6 is 15.9 Å². The molecule has 2 aromatic carbocycles. The maximum atomic E-state index is 10.3. The van der Waals surface area contributed by atoms with E-state index in [9.17, 15) is 5.11 Å². The Balaban J connectivity index is 1.29. The number of hydrogen-bond donors (Lipinski definition) is 2. The molecule has 2 aliphatic carbocycles. The highest BCUT2D eigenvalue weighted by Gasteiger charge is 2.47. The summed E-state index contributed by atoms with van der Waals surface area (Å²) in [5.41, 5.74) is 5.49. The van der Waals surface area contributed by atoms with Crippen LogP contribution in [0.15, 0.2) is 46.9 Å². The van der Waals surface area contributed by atoms with Crippen LogP contribution in [0, 0.1) is 17.8 Å². The molecule has 3 aliphatic rings. The monoisotopic (exact) mass is 480 g/mol. The molecule has 1 saturated heterocycles. The number of rotatable bonds is 4. The predicted octanol–water partition coefficient (Wildman–Crippen LogP) is 5.10. The van der Waals surface area contributed by atoms with Gasteiger partial charge in [0.15, 0.2) is 0 Å². The number of benzene rings is 2. The normalized spacial score (nSPS) is 28.7. The number of aromatic nitrogens is 1. The number of nitrogens with one attached hydrogen (secondary N) is 1. The number of nitrogens with zero attached hydrogens (tertiary/aromatic N) is 1. The first-order valence-corrected chi connectivity index (χ1v) is 12.3. The zero-order valence-electron chi connectivity index (χ0n) is 17.9. The van der Waals surface area contributed by atoms with Gasteiger partial charge in [0, 0.05) is 34.1 Å². The molecule has 6 rings (SSSR count). The maximum absolute atomic E-state index is 10.3. The molecule has 0 spiro atoms. The number of methoxy groups -OCH3 is 1. The van der Waals surface area contributed by atoms with Gasteiger partial charge in [0.2, 0.25) is 0 Å². The number of para-hydroxylation sites is 1. The average molecular weight is 481 g/mol. The number of halogens is 1. The minimum absolute atomic E-state index is 0.169. The zero-order chi connectivity index (χ0) is 21.1. The van der Waals surface area contributed by atoms with E-state index in [0.717, 1.165) is 48.5 Å². The number of aromatic amines is 1. The van der Waals surface area contributed by atoms with Gasteiger partial charge >= 0.3 is 0 Å².